The molecule has 0 aliphatic heterocycles. The Morgan fingerprint density at radius 1 is 1.33 bits per heavy atom. The lowest BCUT2D eigenvalue weighted by atomic mass is 10.3. The molecule has 2 rings (SSSR count). The third-order valence-corrected chi connectivity index (χ3v) is 4.08. The average Bonchev–Trinajstić information content (AvgIpc) is 2.91. The van der Waals surface area contributed by atoms with Gasteiger partial charge in [0.05, 0.1) is 23.7 Å². The van der Waals surface area contributed by atoms with Crippen LogP contribution in [0.2, 0.25) is 0 Å². The summed E-state index contributed by atoms with van der Waals surface area (Å²) in [5, 5.41) is 6.90. The summed E-state index contributed by atoms with van der Waals surface area (Å²) in [5.74, 6) is 0.564. The molecule has 0 unspecified atom stereocenters. The molecule has 0 aliphatic carbocycles. The van der Waals surface area contributed by atoms with Crippen LogP contribution < -0.4 is 15.5 Å². The van der Waals surface area contributed by atoms with E-state index in [-0.39, 0.29) is 12.5 Å². The number of amides is 1. The minimum Gasteiger partial charge on any atom is -0.497 e. The Hall–Kier alpha value is -1.86. The van der Waals surface area contributed by atoms with E-state index in [9.17, 15) is 4.79 Å². The molecular formula is C14H14BrN3O2S. The fourth-order valence-electron chi connectivity index (χ4n) is 1.50. The molecule has 1 aromatic heterocycles. The molecule has 0 saturated carbocycles. The fourth-order valence-corrected chi connectivity index (χ4v) is 2.79. The van der Waals surface area contributed by atoms with Crippen LogP contribution in [-0.2, 0) is 4.79 Å². The molecule has 0 saturated heterocycles. The summed E-state index contributed by atoms with van der Waals surface area (Å²) in [5.41, 5.74) is 3.31. The zero-order valence-electron chi connectivity index (χ0n) is 11.3. The smallest absolute Gasteiger partial charge is 0.259 e. The van der Waals surface area contributed by atoms with Gasteiger partial charge in [-0.25, -0.2) is 5.43 Å². The highest BCUT2D eigenvalue weighted by Gasteiger charge is 2.00. The number of rotatable bonds is 6. The summed E-state index contributed by atoms with van der Waals surface area (Å²) in [6.45, 7) is 0.151. The zero-order valence-corrected chi connectivity index (χ0v) is 13.7. The molecule has 7 heteroatoms. The van der Waals surface area contributed by atoms with Crippen LogP contribution in [0.1, 0.15) is 4.88 Å². The van der Waals surface area contributed by atoms with Gasteiger partial charge in [-0.05, 0) is 52.3 Å². The normalized spacial score (nSPS) is 10.6. The van der Waals surface area contributed by atoms with E-state index >= 15 is 0 Å². The quantitative estimate of drug-likeness (QED) is 0.609. The number of thiophene rings is 1. The van der Waals surface area contributed by atoms with E-state index in [1.165, 1.54) is 0 Å². The predicted octanol–water partition coefficient (Wildman–Crippen LogP) is 3.08. The molecule has 110 valence electrons. The summed E-state index contributed by atoms with van der Waals surface area (Å²) in [4.78, 5) is 12.6. The average molecular weight is 368 g/mol. The van der Waals surface area contributed by atoms with Gasteiger partial charge in [0.1, 0.15) is 5.75 Å². The maximum Gasteiger partial charge on any atom is 0.259 e. The highest BCUT2D eigenvalue weighted by molar-refractivity contribution is 9.11. The van der Waals surface area contributed by atoms with E-state index in [0.29, 0.717) is 0 Å². The van der Waals surface area contributed by atoms with Crippen molar-refractivity contribution in [1.29, 1.82) is 0 Å². The summed E-state index contributed by atoms with van der Waals surface area (Å²) >= 11 is 4.91. The van der Waals surface area contributed by atoms with Gasteiger partial charge in [-0.3, -0.25) is 4.79 Å². The Balaban J connectivity index is 1.75. The van der Waals surface area contributed by atoms with E-state index < -0.39 is 0 Å². The monoisotopic (exact) mass is 367 g/mol. The lowest BCUT2D eigenvalue weighted by Crippen LogP contribution is -2.25. The molecule has 0 bridgehead atoms. The number of methoxy groups -OCH3 is 1. The van der Waals surface area contributed by atoms with Crippen molar-refractivity contribution in [2.75, 3.05) is 19.0 Å². The second-order valence-electron chi connectivity index (χ2n) is 4.02. The number of carbonyl (C=O) groups is 1. The molecule has 1 aromatic carbocycles. The van der Waals surface area contributed by atoms with Crippen LogP contribution in [-0.4, -0.2) is 25.8 Å². The van der Waals surface area contributed by atoms with Crippen LogP contribution in [0.4, 0.5) is 5.69 Å². The highest BCUT2D eigenvalue weighted by atomic mass is 79.9. The minimum atomic E-state index is -0.210. The number of ether oxygens (including phenoxy) is 1. The highest BCUT2D eigenvalue weighted by Crippen LogP contribution is 2.20. The van der Waals surface area contributed by atoms with Crippen LogP contribution in [0.3, 0.4) is 0 Å². The van der Waals surface area contributed by atoms with Crippen molar-refractivity contribution in [2.45, 2.75) is 0 Å². The number of nitrogens with zero attached hydrogens (tertiary/aromatic N) is 1. The molecule has 0 fully saturated rings. The van der Waals surface area contributed by atoms with E-state index in [1.54, 1.807) is 24.7 Å². The molecule has 21 heavy (non-hydrogen) atoms. The predicted molar refractivity (Wildman–Crippen MR) is 89.2 cm³/mol. The molecule has 1 amide bonds. The molecular weight excluding hydrogens is 354 g/mol. The topological polar surface area (TPSA) is 62.7 Å². The van der Waals surface area contributed by atoms with Gasteiger partial charge in [-0.15, -0.1) is 11.3 Å². The number of nitrogens with one attached hydrogen (secondary N) is 2. The van der Waals surface area contributed by atoms with Gasteiger partial charge in [0, 0.05) is 10.6 Å². The van der Waals surface area contributed by atoms with E-state index in [2.05, 4.69) is 31.8 Å². The fraction of sp³-hybridized carbons (Fsp3) is 0.143. The number of benzene rings is 1. The first-order chi connectivity index (χ1) is 10.2. The second-order valence-corrected chi connectivity index (χ2v) is 6.51. The molecule has 2 aromatic rings. The van der Waals surface area contributed by atoms with E-state index in [1.807, 2.05) is 36.4 Å². The molecule has 0 radical (unpaired) electrons. The Kier molecular flexibility index (Phi) is 5.77. The van der Waals surface area contributed by atoms with Gasteiger partial charge in [0.2, 0.25) is 0 Å². The lowest BCUT2D eigenvalue weighted by molar-refractivity contribution is -0.119. The first-order valence-electron chi connectivity index (χ1n) is 6.12. The van der Waals surface area contributed by atoms with Gasteiger partial charge < -0.3 is 10.1 Å². The van der Waals surface area contributed by atoms with Crippen molar-refractivity contribution >= 4 is 45.1 Å². The Morgan fingerprint density at radius 2 is 2.10 bits per heavy atom. The van der Waals surface area contributed by atoms with Gasteiger partial charge in [-0.1, -0.05) is 0 Å². The van der Waals surface area contributed by atoms with Crippen LogP contribution in [0.5, 0.6) is 5.75 Å². The SMILES string of the molecule is COc1ccc(NCC(=O)N/N=C\c2ccc(Br)s2)cc1. The standard InChI is InChI=1S/C14H14BrN3O2S/c1-20-11-4-2-10(3-5-11)16-9-14(19)18-17-8-12-6-7-13(15)21-12/h2-8,16H,9H2,1H3,(H,18,19)/b17-8-. The summed E-state index contributed by atoms with van der Waals surface area (Å²) in [7, 11) is 1.61. The van der Waals surface area contributed by atoms with Crippen molar-refractivity contribution in [3.05, 3.63) is 45.1 Å². The Morgan fingerprint density at radius 3 is 2.71 bits per heavy atom. The molecule has 0 atom stereocenters. The van der Waals surface area contributed by atoms with Crippen LogP contribution in [0.15, 0.2) is 45.3 Å². The van der Waals surface area contributed by atoms with Crippen LogP contribution >= 0.6 is 27.3 Å². The number of halogens is 1. The Bertz CT molecular complexity index is 625. The molecule has 0 aliphatic rings. The first-order valence-corrected chi connectivity index (χ1v) is 7.73. The zero-order chi connectivity index (χ0) is 15.1. The third kappa shape index (κ3) is 5.20. The molecule has 0 spiro atoms. The first kappa shape index (κ1) is 15.5. The molecule has 2 N–H and O–H groups in total. The second kappa shape index (κ2) is 7.80. The van der Waals surface area contributed by atoms with Gasteiger partial charge in [-0.2, -0.15) is 5.10 Å². The van der Waals surface area contributed by atoms with E-state index in [4.69, 9.17) is 4.74 Å². The molecule has 5 nitrogen and oxygen atoms in total. The van der Waals surface area contributed by atoms with Crippen LogP contribution in [0.25, 0.3) is 0 Å². The van der Waals surface area contributed by atoms with Crippen LogP contribution in [0, 0.1) is 0 Å². The Labute approximate surface area is 135 Å². The minimum absolute atomic E-state index is 0.151. The van der Waals surface area contributed by atoms with Crippen molar-refractivity contribution in [3.8, 4) is 5.75 Å². The summed E-state index contributed by atoms with van der Waals surface area (Å²) < 4.78 is 6.09. The van der Waals surface area contributed by atoms with Crippen molar-refractivity contribution in [1.82, 2.24) is 5.43 Å². The van der Waals surface area contributed by atoms with Crippen molar-refractivity contribution < 1.29 is 9.53 Å². The molecule has 1 heterocycles. The number of anilines is 1. The largest absolute Gasteiger partial charge is 0.497 e. The maximum atomic E-state index is 11.6. The summed E-state index contributed by atoms with van der Waals surface area (Å²) in [6.07, 6.45) is 1.61. The van der Waals surface area contributed by atoms with Crippen molar-refractivity contribution in [2.24, 2.45) is 5.10 Å². The van der Waals surface area contributed by atoms with Gasteiger partial charge in [0.15, 0.2) is 0 Å². The number of hydrogen-bond acceptors (Lipinski definition) is 5. The number of hydrogen-bond donors (Lipinski definition) is 2. The number of hydrazone groups is 1. The van der Waals surface area contributed by atoms with E-state index in [0.717, 1.165) is 20.1 Å². The van der Waals surface area contributed by atoms with Crippen molar-refractivity contribution in [3.63, 3.8) is 0 Å². The van der Waals surface area contributed by atoms with Gasteiger partial charge in [0.25, 0.3) is 5.91 Å². The number of carbonyl (C=O) groups excluding carboxylic acids is 1. The maximum absolute atomic E-state index is 11.6. The summed E-state index contributed by atoms with van der Waals surface area (Å²) in [6, 6.07) is 11.2. The third-order valence-electron chi connectivity index (χ3n) is 2.52. The lowest BCUT2D eigenvalue weighted by Gasteiger charge is -2.06. The van der Waals surface area contributed by atoms with Gasteiger partial charge >= 0.3 is 0 Å².